The minimum Gasteiger partial charge on any atom is -0.493 e. The number of halogens is 1. The summed E-state index contributed by atoms with van der Waals surface area (Å²) >= 11 is 11.1. The lowest BCUT2D eigenvalue weighted by Gasteiger charge is -2.27. The molecule has 0 aromatic heterocycles. The summed E-state index contributed by atoms with van der Waals surface area (Å²) in [4.78, 5) is 9.07. The Labute approximate surface area is 157 Å². The summed E-state index contributed by atoms with van der Waals surface area (Å²) in [5.41, 5.74) is 1.98. The van der Waals surface area contributed by atoms with Gasteiger partial charge in [-0.1, -0.05) is 23.7 Å². The van der Waals surface area contributed by atoms with E-state index in [1.807, 2.05) is 36.4 Å². The van der Waals surface area contributed by atoms with Crippen molar-refractivity contribution in [2.75, 3.05) is 20.8 Å². The van der Waals surface area contributed by atoms with Crippen LogP contribution in [0.4, 0.5) is 0 Å². The van der Waals surface area contributed by atoms with Gasteiger partial charge in [-0.25, -0.2) is 4.99 Å². The maximum atomic E-state index is 5.91. The topological polar surface area (TPSA) is 55.2 Å². The zero-order valence-electron chi connectivity index (χ0n) is 14.0. The van der Waals surface area contributed by atoms with Crippen molar-refractivity contribution in [3.8, 4) is 0 Å². The van der Waals surface area contributed by atoms with E-state index in [4.69, 9.17) is 33.3 Å². The van der Waals surface area contributed by atoms with Crippen LogP contribution in [0.5, 0.6) is 0 Å². The molecule has 1 heterocycles. The zero-order chi connectivity index (χ0) is 17.8. The molecule has 5 nitrogen and oxygen atoms in total. The molecule has 3 rings (SSSR count). The lowest BCUT2D eigenvalue weighted by Crippen LogP contribution is -2.43. The standard InChI is InChI=1S/C18H18ClN3O2S/c1-23-15-9-13-14(10-16(15)24-2)21-18(25)22-17(13)20-8-7-11-3-5-12(19)6-4-11/h3-6,9-10,13H,7-8H2,1-2H3,(H,20,22,25). The summed E-state index contributed by atoms with van der Waals surface area (Å²) in [6.45, 7) is 0.632. The Morgan fingerprint density at radius 1 is 1.20 bits per heavy atom. The SMILES string of the molecule is COC1=CC2=NC(=S)NC(=NCCc3ccc(Cl)cc3)C2C=C1OC. The number of aliphatic imine (C=N–C) groups is 2. The highest BCUT2D eigenvalue weighted by atomic mass is 35.5. The van der Waals surface area contributed by atoms with Gasteiger partial charge < -0.3 is 14.8 Å². The van der Waals surface area contributed by atoms with Gasteiger partial charge >= 0.3 is 0 Å². The molecule has 25 heavy (non-hydrogen) atoms. The van der Waals surface area contributed by atoms with Crippen molar-refractivity contribution >= 4 is 40.5 Å². The van der Waals surface area contributed by atoms with Crippen LogP contribution in [0, 0.1) is 5.92 Å². The van der Waals surface area contributed by atoms with Crippen LogP contribution in [-0.2, 0) is 15.9 Å². The van der Waals surface area contributed by atoms with Crippen LogP contribution < -0.4 is 5.32 Å². The molecule has 0 saturated heterocycles. The van der Waals surface area contributed by atoms with E-state index in [0.29, 0.717) is 23.2 Å². The van der Waals surface area contributed by atoms with Gasteiger partial charge in [-0.15, -0.1) is 0 Å². The quantitative estimate of drug-likeness (QED) is 0.802. The molecule has 0 amide bonds. The normalized spacial score (nSPS) is 20.9. The molecular formula is C18H18ClN3O2S. The average Bonchev–Trinajstić information content (AvgIpc) is 2.62. The van der Waals surface area contributed by atoms with Crippen LogP contribution >= 0.6 is 23.8 Å². The highest BCUT2D eigenvalue weighted by Crippen LogP contribution is 2.25. The largest absolute Gasteiger partial charge is 0.493 e. The van der Waals surface area contributed by atoms with Crippen LogP contribution in [0.2, 0.25) is 5.02 Å². The van der Waals surface area contributed by atoms with E-state index < -0.39 is 0 Å². The van der Waals surface area contributed by atoms with Gasteiger partial charge in [0.2, 0.25) is 0 Å². The molecule has 1 aliphatic heterocycles. The zero-order valence-corrected chi connectivity index (χ0v) is 15.5. The van der Waals surface area contributed by atoms with Crippen LogP contribution in [0.3, 0.4) is 0 Å². The maximum Gasteiger partial charge on any atom is 0.198 e. The molecule has 1 atom stereocenters. The highest BCUT2D eigenvalue weighted by molar-refractivity contribution is 7.80. The number of hydrogen-bond acceptors (Lipinski definition) is 4. The summed E-state index contributed by atoms with van der Waals surface area (Å²) in [5, 5.41) is 4.22. The highest BCUT2D eigenvalue weighted by Gasteiger charge is 2.30. The van der Waals surface area contributed by atoms with Gasteiger partial charge in [0.05, 0.1) is 25.8 Å². The first-order valence-corrected chi connectivity index (χ1v) is 8.59. The Hall–Kier alpha value is -2.18. The molecule has 0 saturated carbocycles. The molecule has 1 aliphatic carbocycles. The van der Waals surface area contributed by atoms with E-state index in [1.165, 1.54) is 5.56 Å². The molecule has 2 aliphatic rings. The third kappa shape index (κ3) is 4.08. The second-order valence-electron chi connectivity index (χ2n) is 5.54. The van der Waals surface area contributed by atoms with E-state index in [1.54, 1.807) is 14.2 Å². The first-order valence-electron chi connectivity index (χ1n) is 7.81. The molecule has 0 spiro atoms. The van der Waals surface area contributed by atoms with E-state index in [-0.39, 0.29) is 5.92 Å². The van der Waals surface area contributed by atoms with Crippen LogP contribution in [-0.4, -0.2) is 37.4 Å². The second kappa shape index (κ2) is 7.80. The summed E-state index contributed by atoms with van der Waals surface area (Å²) in [6.07, 6.45) is 4.59. The number of nitrogens with zero attached hydrogens (tertiary/aromatic N) is 2. The van der Waals surface area contributed by atoms with Gasteiger partial charge in [0.15, 0.2) is 16.6 Å². The van der Waals surface area contributed by atoms with Gasteiger partial charge in [-0.3, -0.25) is 4.99 Å². The molecule has 0 fully saturated rings. The Morgan fingerprint density at radius 2 is 1.92 bits per heavy atom. The molecule has 1 unspecified atom stereocenters. The molecule has 0 radical (unpaired) electrons. The molecule has 1 aromatic rings. The Morgan fingerprint density at radius 3 is 2.60 bits per heavy atom. The third-order valence-corrected chi connectivity index (χ3v) is 4.40. The van der Waals surface area contributed by atoms with E-state index in [0.717, 1.165) is 23.0 Å². The molecule has 1 aromatic carbocycles. The molecule has 7 heteroatoms. The Bertz CT molecular complexity index is 797. The summed E-state index contributed by atoms with van der Waals surface area (Å²) < 4.78 is 10.7. The lowest BCUT2D eigenvalue weighted by atomic mass is 9.94. The number of rotatable bonds is 5. The monoisotopic (exact) mass is 375 g/mol. The van der Waals surface area contributed by atoms with E-state index in [2.05, 4.69) is 15.3 Å². The van der Waals surface area contributed by atoms with Crippen molar-refractivity contribution in [1.82, 2.24) is 5.32 Å². The first kappa shape index (κ1) is 17.6. The van der Waals surface area contributed by atoms with Crippen LogP contribution in [0.1, 0.15) is 5.56 Å². The minimum atomic E-state index is -0.120. The first-order chi connectivity index (χ1) is 12.1. The second-order valence-corrected chi connectivity index (χ2v) is 6.36. The Kier molecular flexibility index (Phi) is 5.50. The number of nitrogens with one attached hydrogen (secondary N) is 1. The van der Waals surface area contributed by atoms with Gasteiger partial charge in [-0.2, -0.15) is 0 Å². The maximum absolute atomic E-state index is 5.91. The fourth-order valence-corrected chi connectivity index (χ4v) is 3.03. The number of fused-ring (bicyclic) bond motifs is 1. The molecule has 1 N–H and O–H groups in total. The van der Waals surface area contributed by atoms with Crippen molar-refractivity contribution < 1.29 is 9.47 Å². The van der Waals surface area contributed by atoms with E-state index >= 15 is 0 Å². The number of amidine groups is 1. The number of benzene rings is 1. The minimum absolute atomic E-state index is 0.120. The average molecular weight is 376 g/mol. The number of hydrogen-bond donors (Lipinski definition) is 1. The lowest BCUT2D eigenvalue weighted by molar-refractivity contribution is 0.218. The van der Waals surface area contributed by atoms with Crippen LogP contribution in [0.15, 0.2) is 57.9 Å². The number of thiocarbonyl (C=S) groups is 1. The fourth-order valence-electron chi connectivity index (χ4n) is 2.69. The number of allylic oxidation sites excluding steroid dienone is 1. The van der Waals surface area contributed by atoms with Crippen molar-refractivity contribution in [3.05, 3.63) is 58.5 Å². The van der Waals surface area contributed by atoms with Gasteiger partial charge in [0.25, 0.3) is 0 Å². The van der Waals surface area contributed by atoms with Gasteiger partial charge in [0.1, 0.15) is 5.84 Å². The van der Waals surface area contributed by atoms with Crippen molar-refractivity contribution in [2.45, 2.75) is 6.42 Å². The summed E-state index contributed by atoms with van der Waals surface area (Å²) in [6, 6.07) is 7.78. The summed E-state index contributed by atoms with van der Waals surface area (Å²) in [5.74, 6) is 1.94. The number of methoxy groups -OCH3 is 2. The number of ether oxygens (including phenoxy) is 2. The smallest absolute Gasteiger partial charge is 0.198 e. The van der Waals surface area contributed by atoms with Crippen molar-refractivity contribution in [1.29, 1.82) is 0 Å². The molecule has 130 valence electrons. The molecular weight excluding hydrogens is 358 g/mol. The predicted octanol–water partition coefficient (Wildman–Crippen LogP) is 3.30. The summed E-state index contributed by atoms with van der Waals surface area (Å²) in [7, 11) is 3.21. The van der Waals surface area contributed by atoms with Gasteiger partial charge in [0, 0.05) is 17.6 Å². The predicted molar refractivity (Wildman–Crippen MR) is 104 cm³/mol. The van der Waals surface area contributed by atoms with E-state index in [9.17, 15) is 0 Å². The van der Waals surface area contributed by atoms with Crippen molar-refractivity contribution in [3.63, 3.8) is 0 Å². The van der Waals surface area contributed by atoms with Crippen LogP contribution in [0.25, 0.3) is 0 Å². The third-order valence-electron chi connectivity index (χ3n) is 3.95. The van der Waals surface area contributed by atoms with Gasteiger partial charge in [-0.05, 0) is 42.4 Å². The fraction of sp³-hybridized carbons (Fsp3) is 0.278. The molecule has 0 bridgehead atoms. The Balaban J connectivity index is 1.78. The van der Waals surface area contributed by atoms with Crippen molar-refractivity contribution in [2.24, 2.45) is 15.9 Å².